The van der Waals surface area contributed by atoms with Crippen LogP contribution in [0, 0.1) is 0 Å². The summed E-state index contributed by atoms with van der Waals surface area (Å²) in [6.45, 7) is 7.48. The van der Waals surface area contributed by atoms with Gasteiger partial charge in [0.25, 0.3) is 0 Å². The van der Waals surface area contributed by atoms with Crippen molar-refractivity contribution in [3.05, 3.63) is 46.5 Å². The fourth-order valence-corrected chi connectivity index (χ4v) is 2.82. The molecule has 1 atom stereocenters. The summed E-state index contributed by atoms with van der Waals surface area (Å²) in [6.07, 6.45) is 6.03. The lowest BCUT2D eigenvalue weighted by molar-refractivity contribution is 0.594. The monoisotopic (exact) mass is 335 g/mol. The van der Waals surface area contributed by atoms with Crippen molar-refractivity contribution in [2.24, 2.45) is 0 Å². The first-order valence-electron chi connectivity index (χ1n) is 7.22. The fourth-order valence-electron chi connectivity index (χ4n) is 2.47. The van der Waals surface area contributed by atoms with Crippen molar-refractivity contribution in [1.82, 2.24) is 14.9 Å². The molecule has 0 fully saturated rings. The van der Waals surface area contributed by atoms with Gasteiger partial charge in [0.2, 0.25) is 0 Å². The summed E-state index contributed by atoms with van der Waals surface area (Å²) in [6, 6.07) is 6.77. The van der Waals surface area contributed by atoms with Crippen LogP contribution in [-0.4, -0.2) is 16.1 Å². The molecule has 20 heavy (non-hydrogen) atoms. The standard InChI is InChI=1S/C16H22BrN3/c1-4-6-16-19-9-10-20(16)15-11-13(17)7-8-14(15)12(3)18-5-2/h7-12,18H,4-6H2,1-3H3. The number of hydrogen-bond donors (Lipinski definition) is 1. The van der Waals surface area contributed by atoms with Crippen molar-refractivity contribution in [1.29, 1.82) is 0 Å². The van der Waals surface area contributed by atoms with E-state index < -0.39 is 0 Å². The van der Waals surface area contributed by atoms with Crippen molar-refractivity contribution < 1.29 is 0 Å². The van der Waals surface area contributed by atoms with Crippen LogP contribution in [0.1, 0.15) is 44.6 Å². The summed E-state index contributed by atoms with van der Waals surface area (Å²) >= 11 is 3.58. The molecule has 1 aromatic heterocycles. The van der Waals surface area contributed by atoms with E-state index in [0.29, 0.717) is 6.04 Å². The predicted molar refractivity (Wildman–Crippen MR) is 87.4 cm³/mol. The zero-order chi connectivity index (χ0) is 14.5. The molecule has 0 aliphatic rings. The number of halogens is 1. The summed E-state index contributed by atoms with van der Waals surface area (Å²) in [4.78, 5) is 4.49. The van der Waals surface area contributed by atoms with Crippen LogP contribution in [0.25, 0.3) is 5.69 Å². The Labute approximate surface area is 129 Å². The second-order valence-corrected chi connectivity index (χ2v) is 5.86. The van der Waals surface area contributed by atoms with E-state index in [-0.39, 0.29) is 0 Å². The van der Waals surface area contributed by atoms with E-state index in [1.807, 2.05) is 6.20 Å². The molecule has 4 heteroatoms. The smallest absolute Gasteiger partial charge is 0.113 e. The molecule has 108 valence electrons. The van der Waals surface area contributed by atoms with E-state index in [1.54, 1.807) is 0 Å². The maximum absolute atomic E-state index is 4.49. The van der Waals surface area contributed by atoms with Gasteiger partial charge in [-0.1, -0.05) is 35.8 Å². The van der Waals surface area contributed by atoms with Gasteiger partial charge in [0.05, 0.1) is 5.69 Å². The lowest BCUT2D eigenvalue weighted by Crippen LogP contribution is -2.19. The molecule has 1 unspecified atom stereocenters. The van der Waals surface area contributed by atoms with Crippen molar-refractivity contribution in [3.8, 4) is 5.69 Å². The molecule has 2 rings (SSSR count). The first-order chi connectivity index (χ1) is 9.67. The quantitative estimate of drug-likeness (QED) is 0.854. The summed E-state index contributed by atoms with van der Waals surface area (Å²) < 4.78 is 3.30. The van der Waals surface area contributed by atoms with Gasteiger partial charge in [-0.25, -0.2) is 4.98 Å². The van der Waals surface area contributed by atoms with Gasteiger partial charge in [-0.15, -0.1) is 0 Å². The third-order valence-electron chi connectivity index (χ3n) is 3.42. The molecular formula is C16H22BrN3. The summed E-state index contributed by atoms with van der Waals surface area (Å²) in [5.41, 5.74) is 2.50. The topological polar surface area (TPSA) is 29.9 Å². The molecule has 3 nitrogen and oxygen atoms in total. The molecule has 0 spiro atoms. The summed E-state index contributed by atoms with van der Waals surface area (Å²) in [5.74, 6) is 1.12. The second-order valence-electron chi connectivity index (χ2n) is 4.95. The van der Waals surface area contributed by atoms with Crippen LogP contribution in [0.15, 0.2) is 35.1 Å². The van der Waals surface area contributed by atoms with Crippen LogP contribution >= 0.6 is 15.9 Å². The minimum atomic E-state index is 0.319. The number of aromatic nitrogens is 2. The van der Waals surface area contributed by atoms with Gasteiger partial charge in [0.15, 0.2) is 0 Å². The van der Waals surface area contributed by atoms with Crippen molar-refractivity contribution in [2.75, 3.05) is 6.54 Å². The van der Waals surface area contributed by atoms with Crippen LogP contribution in [-0.2, 0) is 6.42 Å². The average Bonchev–Trinajstić information content (AvgIpc) is 2.87. The molecule has 0 amide bonds. The molecule has 0 saturated heterocycles. The first kappa shape index (κ1) is 15.3. The lowest BCUT2D eigenvalue weighted by atomic mass is 10.1. The van der Waals surface area contributed by atoms with Crippen LogP contribution < -0.4 is 5.32 Å². The van der Waals surface area contributed by atoms with E-state index >= 15 is 0 Å². The highest BCUT2D eigenvalue weighted by molar-refractivity contribution is 9.10. The Kier molecular flexibility index (Phi) is 5.38. The Morgan fingerprint density at radius 3 is 2.85 bits per heavy atom. The first-order valence-corrected chi connectivity index (χ1v) is 8.02. The Hall–Kier alpha value is -1.13. The molecule has 0 aliphatic heterocycles. The lowest BCUT2D eigenvalue weighted by Gasteiger charge is -2.19. The molecule has 0 radical (unpaired) electrons. The van der Waals surface area contributed by atoms with E-state index in [9.17, 15) is 0 Å². The molecule has 1 heterocycles. The molecule has 2 aromatic rings. The highest BCUT2D eigenvalue weighted by atomic mass is 79.9. The minimum absolute atomic E-state index is 0.319. The molecule has 1 N–H and O–H groups in total. The van der Waals surface area contributed by atoms with Gasteiger partial charge < -0.3 is 9.88 Å². The van der Waals surface area contributed by atoms with E-state index in [1.165, 1.54) is 11.3 Å². The summed E-state index contributed by atoms with van der Waals surface area (Å²) in [5, 5.41) is 3.49. The second kappa shape index (κ2) is 7.04. The zero-order valence-electron chi connectivity index (χ0n) is 12.4. The van der Waals surface area contributed by atoms with Gasteiger partial charge >= 0.3 is 0 Å². The normalized spacial score (nSPS) is 12.6. The van der Waals surface area contributed by atoms with Crippen LogP contribution in [0.2, 0.25) is 0 Å². The average molecular weight is 336 g/mol. The van der Waals surface area contributed by atoms with Gasteiger partial charge in [-0.3, -0.25) is 0 Å². The van der Waals surface area contributed by atoms with Crippen LogP contribution in [0.5, 0.6) is 0 Å². The molecule has 0 bridgehead atoms. The maximum atomic E-state index is 4.49. The third-order valence-corrected chi connectivity index (χ3v) is 3.91. The van der Waals surface area contributed by atoms with Crippen LogP contribution in [0.3, 0.4) is 0 Å². The van der Waals surface area contributed by atoms with Gasteiger partial charge in [0.1, 0.15) is 5.82 Å². The predicted octanol–water partition coefficient (Wildman–Crippen LogP) is 4.26. The fraction of sp³-hybridized carbons (Fsp3) is 0.438. The Balaban J connectivity index is 2.48. The van der Waals surface area contributed by atoms with Crippen molar-refractivity contribution >= 4 is 15.9 Å². The van der Waals surface area contributed by atoms with Gasteiger partial charge in [-0.2, -0.15) is 0 Å². The highest BCUT2D eigenvalue weighted by Crippen LogP contribution is 2.26. The number of nitrogens with one attached hydrogen (secondary N) is 1. The molecular weight excluding hydrogens is 314 g/mol. The van der Waals surface area contributed by atoms with E-state index in [0.717, 1.165) is 29.7 Å². The van der Waals surface area contributed by atoms with E-state index in [4.69, 9.17) is 0 Å². The number of benzene rings is 1. The maximum Gasteiger partial charge on any atom is 0.113 e. The zero-order valence-corrected chi connectivity index (χ0v) is 13.9. The molecule has 0 saturated carbocycles. The highest BCUT2D eigenvalue weighted by Gasteiger charge is 2.14. The number of rotatable bonds is 6. The largest absolute Gasteiger partial charge is 0.310 e. The number of hydrogen-bond acceptors (Lipinski definition) is 2. The summed E-state index contributed by atoms with van der Waals surface area (Å²) in [7, 11) is 0. The van der Waals surface area contributed by atoms with Gasteiger partial charge in [-0.05, 0) is 37.6 Å². The molecule has 1 aromatic carbocycles. The number of nitrogens with zero attached hydrogens (tertiary/aromatic N) is 2. The van der Waals surface area contributed by atoms with Crippen LogP contribution in [0.4, 0.5) is 0 Å². The Bertz CT molecular complexity index is 563. The number of imidazole rings is 1. The van der Waals surface area contributed by atoms with E-state index in [2.05, 4.69) is 76.0 Å². The van der Waals surface area contributed by atoms with Crippen molar-refractivity contribution in [3.63, 3.8) is 0 Å². The Morgan fingerprint density at radius 2 is 2.15 bits per heavy atom. The van der Waals surface area contributed by atoms with Gasteiger partial charge in [0, 0.05) is 29.3 Å². The van der Waals surface area contributed by atoms with Crippen molar-refractivity contribution in [2.45, 2.75) is 39.7 Å². The Morgan fingerprint density at radius 1 is 1.35 bits per heavy atom. The molecule has 0 aliphatic carbocycles. The minimum Gasteiger partial charge on any atom is -0.310 e. The number of aryl methyl sites for hydroxylation is 1. The third kappa shape index (κ3) is 3.30. The SMILES string of the molecule is CCCc1nccn1-c1cc(Br)ccc1C(C)NCC.